The summed E-state index contributed by atoms with van der Waals surface area (Å²) >= 11 is 0. The maximum Gasteiger partial charge on any atom is 0.330 e. The minimum atomic E-state index is -1.24. The molecule has 0 amide bonds. The second-order valence-corrected chi connectivity index (χ2v) is 33.0. The Morgan fingerprint density at radius 2 is 0.447 bits per heavy atom. The Bertz CT molecular complexity index is 4000. The second-order valence-electron chi connectivity index (χ2n) is 33.0. The molecule has 0 saturated carbocycles. The van der Waals surface area contributed by atoms with Gasteiger partial charge in [-0.1, -0.05) is 141 Å². The molecule has 0 aliphatic carbocycles. The fourth-order valence-electron chi connectivity index (χ4n) is 13.7. The summed E-state index contributed by atoms with van der Waals surface area (Å²) in [6.45, 7) is 27.1. The van der Waals surface area contributed by atoms with E-state index in [9.17, 15) is 58.5 Å². The number of aliphatic hydroxyl groups is 3. The first-order valence-corrected chi connectivity index (χ1v) is 45.3. The van der Waals surface area contributed by atoms with Gasteiger partial charge in [0.2, 0.25) is 0 Å². The number of ether oxygens (including phenoxy) is 15. The van der Waals surface area contributed by atoms with Crippen LogP contribution in [0.3, 0.4) is 0 Å². The largest absolute Gasteiger partial charge is 0.490 e. The van der Waals surface area contributed by atoms with E-state index in [0.29, 0.717) is 92.7 Å². The quantitative estimate of drug-likeness (QED) is 0.0138. The molecule has 0 heterocycles. The third-order valence-corrected chi connectivity index (χ3v) is 22.4. The molecule has 0 bridgehead atoms. The predicted molar refractivity (Wildman–Crippen MR) is 496 cm³/mol. The summed E-state index contributed by atoms with van der Waals surface area (Å²) in [5.74, 6) is -1.16. The number of hydrogen-bond acceptors (Lipinski definition) is 30. The van der Waals surface area contributed by atoms with Gasteiger partial charge in [0.05, 0.1) is 43.9 Å². The van der Waals surface area contributed by atoms with Crippen molar-refractivity contribution in [3.8, 4) is 34.5 Å². The van der Waals surface area contributed by atoms with E-state index in [1.165, 1.54) is 0 Å². The number of hydrogen-bond donors (Lipinski definition) is 3. The maximum absolute atomic E-state index is 13.9. The Morgan fingerprint density at radius 1 is 0.265 bits per heavy atom. The summed E-state index contributed by atoms with van der Waals surface area (Å²) in [4.78, 5) is 121. The average Bonchev–Trinajstić information content (AvgIpc) is 0.810. The lowest BCUT2D eigenvalue weighted by atomic mass is 9.78. The van der Waals surface area contributed by atoms with E-state index in [1.807, 2.05) is 160 Å². The van der Waals surface area contributed by atoms with Crippen molar-refractivity contribution in [3.05, 3.63) is 217 Å². The Kier molecular flexibility index (Phi) is 49.9. The van der Waals surface area contributed by atoms with Gasteiger partial charge in [0.15, 0.2) is 0 Å². The fourth-order valence-corrected chi connectivity index (χ4v) is 13.7. The van der Waals surface area contributed by atoms with Crippen LogP contribution in [0.5, 0.6) is 34.5 Å². The molecule has 6 rings (SSSR count). The fraction of sp³-hybridized carbons (Fsp3) is 0.500. The normalized spacial score (nSPS) is 11.5. The van der Waals surface area contributed by atoms with Crippen LogP contribution in [-0.4, -0.2) is 262 Å². The van der Waals surface area contributed by atoms with Crippen molar-refractivity contribution >= 4 is 53.7 Å². The Labute approximate surface area is 777 Å². The van der Waals surface area contributed by atoms with Gasteiger partial charge in [0, 0.05) is 93.6 Å². The number of esters is 9. The molecule has 30 nitrogen and oxygen atoms in total. The molecule has 0 saturated heterocycles. The van der Waals surface area contributed by atoms with Gasteiger partial charge in [0.25, 0.3) is 0 Å². The molecule has 3 N–H and O–H groups in total. The van der Waals surface area contributed by atoms with E-state index in [-0.39, 0.29) is 219 Å². The van der Waals surface area contributed by atoms with Crippen LogP contribution < -0.4 is 28.4 Å². The summed E-state index contributed by atoms with van der Waals surface area (Å²) in [7, 11) is 0. The van der Waals surface area contributed by atoms with Crippen molar-refractivity contribution in [1.82, 2.24) is 14.7 Å². The van der Waals surface area contributed by atoms with Crippen molar-refractivity contribution in [3.63, 3.8) is 0 Å². The first-order chi connectivity index (χ1) is 63.6. The van der Waals surface area contributed by atoms with Gasteiger partial charge in [0.1, 0.15) is 134 Å². The van der Waals surface area contributed by atoms with E-state index >= 15 is 0 Å². The number of aliphatic hydroxyl groups excluding tert-OH is 3. The van der Waals surface area contributed by atoms with E-state index in [0.717, 1.165) is 51.6 Å². The number of benzene rings is 6. The van der Waals surface area contributed by atoms with E-state index < -0.39 is 59.1 Å². The zero-order chi connectivity index (χ0) is 95.8. The van der Waals surface area contributed by atoms with Crippen molar-refractivity contribution in [2.75, 3.05) is 178 Å². The summed E-state index contributed by atoms with van der Waals surface area (Å²) in [6, 6.07) is 46.0. The lowest BCUT2D eigenvalue weighted by Gasteiger charge is -2.31. The first-order valence-electron chi connectivity index (χ1n) is 45.3. The molecule has 0 aliphatic rings. The average molecular weight is 1840 g/mol. The standard InChI is InChI=1S/C102H137N3O27/c1-11-90(109)124-69-63-118-84-33-21-78(22-34-84)99(5,6)81-27-39-87(40-28-81)121-66-72-127-93(112)45-54-103(51-15-18-60-106)57-48-96(115)130-75-102(14-4,76-131-97(116)49-58-104(52-16-19-61-107)55-46-94(113)128-73-67-122-88-41-29-82(30-42-88)100(7,8)79-23-35-85(36-24-79)119-64-70-125-91(110)12-2)77-132-98(117)50-59-105(53-17-20-62-108)56-47-95(114)129-74-68-123-89-43-31-83(32-44-89)101(9,10)80-25-37-86(38-26-80)120-65-71-126-92(111)13-3/h11-13,21-44,106-108H,1-3,14-20,45-77H2,4-10H3. The van der Waals surface area contributed by atoms with E-state index in [2.05, 4.69) is 61.3 Å². The Hall–Kier alpha value is -11.7. The maximum atomic E-state index is 13.9. The van der Waals surface area contributed by atoms with Gasteiger partial charge in [-0.2, -0.15) is 0 Å². The van der Waals surface area contributed by atoms with Gasteiger partial charge in [-0.25, -0.2) is 14.4 Å². The molecule has 0 aromatic heterocycles. The minimum Gasteiger partial charge on any atom is -0.490 e. The number of unbranched alkanes of at least 4 members (excludes halogenated alkanes) is 3. The summed E-state index contributed by atoms with van der Waals surface area (Å²) < 4.78 is 84.5. The van der Waals surface area contributed by atoms with Crippen LogP contribution in [0.15, 0.2) is 184 Å². The molecule has 0 fully saturated rings. The highest BCUT2D eigenvalue weighted by Gasteiger charge is 2.35. The molecule has 132 heavy (non-hydrogen) atoms. The highest BCUT2D eigenvalue weighted by molar-refractivity contribution is 5.82. The van der Waals surface area contributed by atoms with Gasteiger partial charge >= 0.3 is 53.7 Å². The molecule has 6 aromatic rings. The monoisotopic (exact) mass is 1840 g/mol. The summed E-state index contributed by atoms with van der Waals surface area (Å²) in [6.07, 6.45) is 6.28. The zero-order valence-electron chi connectivity index (χ0n) is 78.0. The van der Waals surface area contributed by atoms with Crippen LogP contribution in [0.1, 0.15) is 165 Å². The highest BCUT2D eigenvalue weighted by Crippen LogP contribution is 2.37. The number of nitrogens with zero attached hydrogens (tertiary/aromatic N) is 3. The summed E-state index contributed by atoms with van der Waals surface area (Å²) in [5, 5.41) is 29.0. The van der Waals surface area contributed by atoms with E-state index in [1.54, 1.807) is 6.92 Å². The Morgan fingerprint density at radius 3 is 0.621 bits per heavy atom. The van der Waals surface area contributed by atoms with Crippen LogP contribution in [-0.2, 0) is 102 Å². The summed E-state index contributed by atoms with van der Waals surface area (Å²) in [5.41, 5.74) is 3.87. The van der Waals surface area contributed by atoms with Gasteiger partial charge < -0.3 is 101 Å². The lowest BCUT2D eigenvalue weighted by molar-refractivity contribution is -0.163. The smallest absolute Gasteiger partial charge is 0.330 e. The number of rotatable bonds is 70. The van der Waals surface area contributed by atoms with Crippen LogP contribution >= 0.6 is 0 Å². The first kappa shape index (κ1) is 109. The van der Waals surface area contributed by atoms with Crippen LogP contribution in [0.2, 0.25) is 0 Å². The van der Waals surface area contributed by atoms with Gasteiger partial charge in [-0.3, -0.25) is 28.8 Å². The van der Waals surface area contributed by atoms with Gasteiger partial charge in [-0.15, -0.1) is 0 Å². The van der Waals surface area contributed by atoms with Crippen molar-refractivity contribution in [2.45, 2.75) is 148 Å². The second kappa shape index (κ2) is 60.4. The predicted octanol–water partition coefficient (Wildman–Crippen LogP) is 12.7. The molecular weight excluding hydrogens is 1700 g/mol. The minimum absolute atomic E-state index is 0.00802. The molecule has 0 radical (unpaired) electrons. The molecule has 6 aromatic carbocycles. The molecule has 30 heteroatoms. The van der Waals surface area contributed by atoms with Gasteiger partial charge in [-0.05, 0) is 171 Å². The molecular formula is C102H137N3O27. The van der Waals surface area contributed by atoms with Crippen molar-refractivity contribution < 1.29 is 130 Å². The number of carbonyl (C=O) groups is 9. The van der Waals surface area contributed by atoms with Crippen LogP contribution in [0.4, 0.5) is 0 Å². The van der Waals surface area contributed by atoms with E-state index in [4.69, 9.17) is 71.1 Å². The molecule has 0 aliphatic heterocycles. The van der Waals surface area contributed by atoms with Crippen LogP contribution in [0, 0.1) is 5.41 Å². The van der Waals surface area contributed by atoms with Crippen LogP contribution in [0.25, 0.3) is 0 Å². The molecule has 0 spiro atoms. The molecule has 722 valence electrons. The van der Waals surface area contributed by atoms with Crippen molar-refractivity contribution in [1.29, 1.82) is 0 Å². The highest BCUT2D eigenvalue weighted by atomic mass is 16.6. The molecule has 0 atom stereocenters. The SMILES string of the molecule is C=CC(=O)OCCOc1ccc(C(C)(C)c2ccc(OCCOC(=O)CCN(CCCCO)CCC(=O)OCC(CC)(COC(=O)CCN(CCCCO)CCC(=O)OCCOc3ccc(C(C)(C)c4ccc(OCCOC(=O)C=C)cc4)cc3)COC(=O)CCN(CCCCO)CCC(=O)OCCOc3ccc(C(C)(C)c4ccc(OCCOC(=O)C=C)cc4)cc3)cc2)cc1. The molecule has 0 unspecified atom stereocenters. The lowest BCUT2D eigenvalue weighted by Crippen LogP contribution is -2.40. The third kappa shape index (κ3) is 41.4. The zero-order valence-corrected chi connectivity index (χ0v) is 78.0. The third-order valence-electron chi connectivity index (χ3n) is 22.4. The Balaban J connectivity index is 1.01. The topological polar surface area (TPSA) is 362 Å². The van der Waals surface area contributed by atoms with Crippen molar-refractivity contribution in [2.24, 2.45) is 5.41 Å². The number of carbonyl (C=O) groups excluding carboxylic acids is 9.